The fraction of sp³-hybridized carbons (Fsp3) is 0.273. The summed E-state index contributed by atoms with van der Waals surface area (Å²) in [5, 5.41) is 9.41. The number of piperazine rings is 1. The number of H-pyrrole nitrogens is 1. The van der Waals surface area contributed by atoms with Crippen LogP contribution in [0.25, 0.3) is 38.6 Å². The van der Waals surface area contributed by atoms with Crippen LogP contribution in [-0.4, -0.2) is 62.8 Å². The number of fused-ring (bicyclic) bond motifs is 3. The molecule has 2 aliphatic heterocycles. The Hall–Kier alpha value is -4.50. The molecule has 1 N–H and O–H groups in total. The summed E-state index contributed by atoms with van der Waals surface area (Å²) in [6.45, 7) is 12.3. The van der Waals surface area contributed by atoms with Gasteiger partial charge < -0.3 is 14.5 Å². The maximum Gasteiger partial charge on any atom is 0.246 e. The highest BCUT2D eigenvalue weighted by Crippen LogP contribution is 2.43. The van der Waals surface area contributed by atoms with Gasteiger partial charge in [0.05, 0.1) is 34.3 Å². The van der Waals surface area contributed by atoms with Crippen LogP contribution in [0.15, 0.2) is 67.4 Å². The molecule has 1 saturated heterocycles. The van der Waals surface area contributed by atoms with Crippen LogP contribution in [0.1, 0.15) is 30.9 Å². The lowest BCUT2D eigenvalue weighted by Gasteiger charge is -2.40. The first-order chi connectivity index (χ1) is 20.4. The Kier molecular flexibility index (Phi) is 6.35. The molecule has 42 heavy (non-hydrogen) atoms. The van der Waals surface area contributed by atoms with Gasteiger partial charge in [0.2, 0.25) is 10.7 Å². The molecule has 2 aromatic heterocycles. The highest BCUT2D eigenvalue weighted by molar-refractivity contribution is 7.71. The van der Waals surface area contributed by atoms with E-state index in [2.05, 4.69) is 89.5 Å². The largest absolute Gasteiger partial charge is 0.490 e. The number of anilines is 1. The number of rotatable bonds is 4. The van der Waals surface area contributed by atoms with Gasteiger partial charge in [0.15, 0.2) is 0 Å². The van der Waals surface area contributed by atoms with E-state index >= 15 is 0 Å². The molecule has 1 amide bonds. The number of carbonyl (C=O) groups is 1. The van der Waals surface area contributed by atoms with Crippen molar-refractivity contribution >= 4 is 45.7 Å². The predicted molar refractivity (Wildman–Crippen MR) is 169 cm³/mol. The van der Waals surface area contributed by atoms with Crippen molar-refractivity contribution in [2.24, 2.45) is 0 Å². The molecule has 0 spiro atoms. The number of aromatic nitrogens is 4. The maximum atomic E-state index is 12.5. The minimum Gasteiger partial charge on any atom is -0.490 e. The molecule has 0 saturated carbocycles. The number of benzene rings is 3. The third kappa shape index (κ3) is 4.10. The van der Waals surface area contributed by atoms with E-state index in [4.69, 9.17) is 21.9 Å². The molecule has 9 heteroatoms. The Morgan fingerprint density at radius 1 is 1.19 bits per heavy atom. The number of aryl methyl sites for hydroxylation is 1. The molecule has 0 radical (unpaired) electrons. The van der Waals surface area contributed by atoms with Crippen molar-refractivity contribution < 1.29 is 9.53 Å². The van der Waals surface area contributed by atoms with Crippen molar-refractivity contribution in [3.8, 4) is 22.6 Å². The quantitative estimate of drug-likeness (QED) is 0.199. The van der Waals surface area contributed by atoms with Crippen LogP contribution in [0.4, 0.5) is 5.82 Å². The molecule has 0 unspecified atom stereocenters. The number of hydrogen-bond acceptors (Lipinski definition) is 6. The van der Waals surface area contributed by atoms with Crippen molar-refractivity contribution in [2.75, 3.05) is 31.1 Å². The Labute approximate surface area is 249 Å². The summed E-state index contributed by atoms with van der Waals surface area (Å²) in [6, 6.07) is 16.8. The number of nitrogens with one attached hydrogen (secondary N) is 1. The van der Waals surface area contributed by atoms with Crippen molar-refractivity contribution in [2.45, 2.75) is 32.7 Å². The first-order valence-electron chi connectivity index (χ1n) is 14.3. The first-order valence-corrected chi connectivity index (χ1v) is 14.7. The lowest BCUT2D eigenvalue weighted by molar-refractivity contribution is -0.126. The summed E-state index contributed by atoms with van der Waals surface area (Å²) in [7, 11) is 0. The number of hydrogen-bond donors (Lipinski definition) is 1. The molecule has 5 aromatic rings. The second kappa shape index (κ2) is 10.1. The maximum absolute atomic E-state index is 12.5. The van der Waals surface area contributed by atoms with Gasteiger partial charge in [-0.15, -0.1) is 0 Å². The van der Waals surface area contributed by atoms with E-state index in [0.29, 0.717) is 31.0 Å². The van der Waals surface area contributed by atoms with Gasteiger partial charge in [-0.25, -0.2) is 4.98 Å². The van der Waals surface area contributed by atoms with Crippen molar-refractivity contribution in [1.82, 2.24) is 24.6 Å². The average molecular weight is 577 g/mol. The monoisotopic (exact) mass is 576 g/mol. The van der Waals surface area contributed by atoms with Gasteiger partial charge in [0, 0.05) is 25.0 Å². The summed E-state index contributed by atoms with van der Waals surface area (Å²) >= 11 is 6.09. The van der Waals surface area contributed by atoms with Gasteiger partial charge >= 0.3 is 0 Å². The molecule has 8 nitrogen and oxygen atoms in total. The molecule has 3 aromatic carbocycles. The zero-order valence-electron chi connectivity index (χ0n) is 23.9. The van der Waals surface area contributed by atoms with Crippen LogP contribution in [0, 0.1) is 11.7 Å². The number of carbonyl (C=O) groups excluding carboxylic acids is 1. The number of amides is 1. The minimum atomic E-state index is -0.0689. The molecule has 212 valence electrons. The second-order valence-corrected chi connectivity index (χ2v) is 11.7. The van der Waals surface area contributed by atoms with E-state index in [9.17, 15) is 4.79 Å². The molecule has 7 rings (SSSR count). The normalized spacial score (nSPS) is 16.4. The van der Waals surface area contributed by atoms with Crippen LogP contribution < -0.4 is 9.64 Å². The summed E-state index contributed by atoms with van der Waals surface area (Å²) < 4.78 is 9.22. The Bertz CT molecular complexity index is 1960. The van der Waals surface area contributed by atoms with Crippen LogP contribution in [0.3, 0.4) is 0 Å². The van der Waals surface area contributed by atoms with Gasteiger partial charge in [-0.1, -0.05) is 44.7 Å². The average Bonchev–Trinajstić information content (AvgIpc) is 3.41. The van der Waals surface area contributed by atoms with Gasteiger partial charge in [-0.2, -0.15) is 5.10 Å². The Balaban J connectivity index is 1.53. The highest BCUT2D eigenvalue weighted by atomic mass is 32.1. The Morgan fingerprint density at radius 2 is 2.02 bits per heavy atom. The predicted octanol–water partition coefficient (Wildman–Crippen LogP) is 6.33. The summed E-state index contributed by atoms with van der Waals surface area (Å²) in [5.74, 6) is 1.78. The van der Waals surface area contributed by atoms with Crippen LogP contribution in [-0.2, 0) is 4.79 Å². The molecule has 1 atom stereocenters. The molecular weight excluding hydrogens is 544 g/mol. The van der Waals surface area contributed by atoms with E-state index in [-0.39, 0.29) is 17.9 Å². The van der Waals surface area contributed by atoms with Gasteiger partial charge in [0.25, 0.3) is 0 Å². The first kappa shape index (κ1) is 26.4. The van der Waals surface area contributed by atoms with E-state index in [0.717, 1.165) is 55.8 Å². The molecule has 4 heterocycles. The SMILES string of the molecule is C=CC(=O)N1CCN2c3nc(=S)n(-c4ccccc4C(C)C)c4cc(-c5c(C)ccc6[nH]ncc56)cc(c34)OC[C@@H]2C1. The topological polar surface area (TPSA) is 79.3 Å². The Morgan fingerprint density at radius 3 is 2.83 bits per heavy atom. The van der Waals surface area contributed by atoms with Crippen molar-refractivity contribution in [3.05, 3.63) is 83.3 Å². The zero-order chi connectivity index (χ0) is 29.1. The standard InChI is InChI=1S/C33H32N6O2S/c1-5-29(40)37-12-13-38-22(17-37)18-41-28-15-21(30-20(4)10-11-25-24(30)16-34-36-25)14-27-31(28)32(38)35-33(42)39(27)26-9-7-6-8-23(26)19(2)3/h5-11,14-16,19,22H,1,12-13,17-18H2,2-4H3,(H,34,36)/t22-/m0/s1. The van der Waals surface area contributed by atoms with E-state index in [1.54, 1.807) is 0 Å². The van der Waals surface area contributed by atoms with Crippen LogP contribution >= 0.6 is 12.2 Å². The molecule has 0 aliphatic carbocycles. The molecular formula is C33H32N6O2S. The summed E-state index contributed by atoms with van der Waals surface area (Å²) in [5.41, 5.74) is 7.38. The second-order valence-electron chi connectivity index (χ2n) is 11.4. The van der Waals surface area contributed by atoms with E-state index in [1.165, 1.54) is 11.6 Å². The smallest absolute Gasteiger partial charge is 0.246 e. The molecule has 1 fully saturated rings. The summed E-state index contributed by atoms with van der Waals surface area (Å²) in [4.78, 5) is 21.7. The summed E-state index contributed by atoms with van der Waals surface area (Å²) in [6.07, 6.45) is 3.26. The van der Waals surface area contributed by atoms with Crippen LogP contribution in [0.2, 0.25) is 0 Å². The van der Waals surface area contributed by atoms with E-state index < -0.39 is 0 Å². The highest BCUT2D eigenvalue weighted by Gasteiger charge is 2.35. The fourth-order valence-corrected chi connectivity index (χ4v) is 6.76. The third-order valence-corrected chi connectivity index (χ3v) is 8.81. The van der Waals surface area contributed by atoms with Gasteiger partial charge in [-0.05, 0) is 77.7 Å². The van der Waals surface area contributed by atoms with Crippen molar-refractivity contribution in [1.29, 1.82) is 0 Å². The lowest BCUT2D eigenvalue weighted by atomic mass is 9.95. The molecule has 0 bridgehead atoms. The minimum absolute atomic E-state index is 0.0681. The van der Waals surface area contributed by atoms with E-state index in [1.807, 2.05) is 17.2 Å². The third-order valence-electron chi connectivity index (χ3n) is 8.53. The van der Waals surface area contributed by atoms with Crippen molar-refractivity contribution in [3.63, 3.8) is 0 Å². The number of ether oxygens (including phenoxy) is 1. The lowest BCUT2D eigenvalue weighted by Crippen LogP contribution is -2.56. The zero-order valence-corrected chi connectivity index (χ0v) is 24.7. The van der Waals surface area contributed by atoms with Crippen LogP contribution in [0.5, 0.6) is 5.75 Å². The fourth-order valence-electron chi connectivity index (χ4n) is 6.48. The number of nitrogens with zero attached hydrogens (tertiary/aromatic N) is 5. The van der Waals surface area contributed by atoms with Gasteiger partial charge in [0.1, 0.15) is 18.2 Å². The van der Waals surface area contributed by atoms with Gasteiger partial charge in [-0.3, -0.25) is 14.5 Å². The molecule has 2 aliphatic rings. The number of aromatic amines is 1. The number of para-hydroxylation sites is 1.